The van der Waals surface area contributed by atoms with Crippen LogP contribution in [-0.4, -0.2) is 55.8 Å². The third kappa shape index (κ3) is 8.28. The Kier molecular flexibility index (Phi) is 10.3. The van der Waals surface area contributed by atoms with Gasteiger partial charge in [-0.2, -0.15) is 0 Å². The van der Waals surface area contributed by atoms with Gasteiger partial charge in [-0.05, 0) is 87.3 Å². The van der Waals surface area contributed by atoms with E-state index in [1.807, 2.05) is 51.1 Å². The Morgan fingerprint density at radius 3 is 2.48 bits per heavy atom. The van der Waals surface area contributed by atoms with Crippen LogP contribution in [0.25, 0.3) is 0 Å². The van der Waals surface area contributed by atoms with Gasteiger partial charge in [0.15, 0.2) is 5.79 Å². The van der Waals surface area contributed by atoms with Crippen molar-refractivity contribution in [3.63, 3.8) is 0 Å². The summed E-state index contributed by atoms with van der Waals surface area (Å²) in [6.45, 7) is 8.81. The Morgan fingerprint density at radius 2 is 1.72 bits per heavy atom. The first-order chi connectivity index (χ1) is 22.3. The van der Waals surface area contributed by atoms with Gasteiger partial charge in [0.2, 0.25) is 0 Å². The highest BCUT2D eigenvalue weighted by Crippen LogP contribution is 2.36. The van der Waals surface area contributed by atoms with Crippen molar-refractivity contribution in [2.75, 3.05) is 32.9 Å². The minimum absolute atomic E-state index is 0.143. The molecule has 2 heterocycles. The van der Waals surface area contributed by atoms with Crippen LogP contribution in [0.15, 0.2) is 72.8 Å². The first kappa shape index (κ1) is 32.5. The highest BCUT2D eigenvalue weighted by Gasteiger charge is 2.38. The quantitative estimate of drug-likeness (QED) is 0.160. The third-order valence-corrected chi connectivity index (χ3v) is 8.94. The SMILES string of the molecule is CC(C)(C)OC(=O)ON1CCC(c2ccc(OCCCC3(c4ccccc4)OCCO3)cc2)C(OCc2ccc3c(c2)CCC3)C1. The molecule has 246 valence electrons. The zero-order valence-corrected chi connectivity index (χ0v) is 27.4. The Hall–Kier alpha value is -3.43. The molecule has 2 unspecified atom stereocenters. The van der Waals surface area contributed by atoms with Gasteiger partial charge >= 0.3 is 6.16 Å². The first-order valence-electron chi connectivity index (χ1n) is 16.7. The maximum Gasteiger partial charge on any atom is 0.528 e. The summed E-state index contributed by atoms with van der Waals surface area (Å²) in [6, 6.07) is 25.2. The average molecular weight is 630 g/mol. The molecule has 8 nitrogen and oxygen atoms in total. The summed E-state index contributed by atoms with van der Waals surface area (Å²) < 4.78 is 30.2. The summed E-state index contributed by atoms with van der Waals surface area (Å²) in [5.41, 5.74) is 5.67. The minimum atomic E-state index is -0.689. The van der Waals surface area contributed by atoms with Crippen LogP contribution in [0.5, 0.6) is 5.75 Å². The smallest absolute Gasteiger partial charge is 0.494 e. The number of carbonyl (C=O) groups is 1. The highest BCUT2D eigenvalue weighted by molar-refractivity contribution is 5.60. The molecule has 2 aliphatic heterocycles. The standard InChI is InChI=1S/C38H47NO7/c1-37(2,3)45-36(40)46-39-21-19-34(35(26-39)42-27-28-13-14-29-9-7-10-31(29)25-28)30-15-17-33(18-16-30)41-22-8-20-38(43-23-24-44-38)32-11-5-4-6-12-32/h4-6,11-18,25,34-35H,7-10,19-24,26-27H2,1-3H3. The van der Waals surface area contributed by atoms with Gasteiger partial charge in [0, 0.05) is 24.4 Å². The molecule has 2 fully saturated rings. The van der Waals surface area contributed by atoms with Crippen molar-refractivity contribution in [2.24, 2.45) is 0 Å². The fourth-order valence-corrected chi connectivity index (χ4v) is 6.72. The van der Waals surface area contributed by atoms with Gasteiger partial charge in [0.25, 0.3) is 0 Å². The Bertz CT molecular complexity index is 1430. The fourth-order valence-electron chi connectivity index (χ4n) is 6.72. The number of fused-ring (bicyclic) bond motifs is 1. The predicted molar refractivity (Wildman–Crippen MR) is 174 cm³/mol. The summed E-state index contributed by atoms with van der Waals surface area (Å²) in [7, 11) is 0. The van der Waals surface area contributed by atoms with E-state index in [0.29, 0.717) is 39.5 Å². The number of carbonyl (C=O) groups excluding carboxylic acids is 1. The zero-order valence-electron chi connectivity index (χ0n) is 27.4. The molecule has 3 aliphatic rings. The summed E-state index contributed by atoms with van der Waals surface area (Å²) in [6.07, 6.45) is 4.96. The molecule has 0 N–H and O–H groups in total. The van der Waals surface area contributed by atoms with Crippen molar-refractivity contribution in [2.45, 2.75) is 89.3 Å². The van der Waals surface area contributed by atoms with Crippen molar-refractivity contribution in [3.8, 4) is 5.75 Å². The number of hydrogen-bond donors (Lipinski definition) is 0. The predicted octanol–water partition coefficient (Wildman–Crippen LogP) is 7.48. The molecule has 3 aromatic rings. The van der Waals surface area contributed by atoms with E-state index in [4.69, 9.17) is 28.5 Å². The van der Waals surface area contributed by atoms with Gasteiger partial charge < -0.3 is 28.5 Å². The summed E-state index contributed by atoms with van der Waals surface area (Å²) in [4.78, 5) is 18.0. The number of nitrogens with zero attached hydrogens (tertiary/aromatic N) is 1. The molecule has 3 aromatic carbocycles. The molecule has 1 aliphatic carbocycles. The number of benzene rings is 3. The molecule has 6 rings (SSSR count). The first-order valence-corrected chi connectivity index (χ1v) is 16.7. The lowest BCUT2D eigenvalue weighted by Gasteiger charge is -2.37. The van der Waals surface area contributed by atoms with Crippen LogP contribution >= 0.6 is 0 Å². The number of piperidine rings is 1. The van der Waals surface area contributed by atoms with Crippen LogP contribution in [0.1, 0.15) is 80.2 Å². The number of hydrogen-bond acceptors (Lipinski definition) is 8. The van der Waals surface area contributed by atoms with Crippen LogP contribution in [-0.2, 0) is 49.0 Å². The molecular formula is C38H47NO7. The minimum Gasteiger partial charge on any atom is -0.494 e. The van der Waals surface area contributed by atoms with Gasteiger partial charge in [-0.15, -0.1) is 5.06 Å². The van der Waals surface area contributed by atoms with E-state index in [1.54, 1.807) is 5.06 Å². The molecule has 2 atom stereocenters. The van der Waals surface area contributed by atoms with Crippen molar-refractivity contribution >= 4 is 6.16 Å². The van der Waals surface area contributed by atoms with E-state index in [1.165, 1.54) is 28.7 Å². The van der Waals surface area contributed by atoms with Crippen LogP contribution in [0.3, 0.4) is 0 Å². The van der Waals surface area contributed by atoms with E-state index in [2.05, 4.69) is 42.5 Å². The maximum atomic E-state index is 12.4. The molecule has 0 radical (unpaired) electrons. The van der Waals surface area contributed by atoms with Crippen LogP contribution < -0.4 is 4.74 Å². The van der Waals surface area contributed by atoms with E-state index in [-0.39, 0.29) is 12.0 Å². The van der Waals surface area contributed by atoms with E-state index in [9.17, 15) is 4.79 Å². The topological polar surface area (TPSA) is 75.7 Å². The van der Waals surface area contributed by atoms with Crippen molar-refractivity contribution in [3.05, 3.63) is 101 Å². The van der Waals surface area contributed by atoms with Crippen LogP contribution in [0.4, 0.5) is 4.79 Å². The van der Waals surface area contributed by atoms with Gasteiger partial charge in [0.05, 0.1) is 39.1 Å². The summed E-state index contributed by atoms with van der Waals surface area (Å²) in [5, 5.41) is 1.68. The molecule has 46 heavy (non-hydrogen) atoms. The number of rotatable bonds is 11. The molecular weight excluding hydrogens is 582 g/mol. The van der Waals surface area contributed by atoms with E-state index in [0.717, 1.165) is 43.4 Å². The lowest BCUT2D eigenvalue weighted by atomic mass is 9.87. The third-order valence-electron chi connectivity index (χ3n) is 8.94. The lowest BCUT2D eigenvalue weighted by Crippen LogP contribution is -2.45. The Morgan fingerprint density at radius 1 is 0.957 bits per heavy atom. The second kappa shape index (κ2) is 14.6. The molecule has 0 aromatic heterocycles. The second-order valence-corrected chi connectivity index (χ2v) is 13.5. The van der Waals surface area contributed by atoms with Crippen LogP contribution in [0.2, 0.25) is 0 Å². The Labute approximate surface area is 272 Å². The number of hydroxylamine groups is 2. The van der Waals surface area contributed by atoms with E-state index >= 15 is 0 Å². The van der Waals surface area contributed by atoms with Crippen LogP contribution in [0, 0.1) is 0 Å². The molecule has 0 spiro atoms. The van der Waals surface area contributed by atoms with Gasteiger partial charge in [-0.1, -0.05) is 60.7 Å². The average Bonchev–Trinajstić information content (AvgIpc) is 3.72. The summed E-state index contributed by atoms with van der Waals surface area (Å²) >= 11 is 0. The normalized spacial score (nSPS) is 21.1. The van der Waals surface area contributed by atoms with Crippen molar-refractivity contribution < 1.29 is 33.3 Å². The second-order valence-electron chi connectivity index (χ2n) is 13.5. The molecule has 2 saturated heterocycles. The molecule has 0 amide bonds. The van der Waals surface area contributed by atoms with Gasteiger partial charge in [-0.25, -0.2) is 4.79 Å². The number of ether oxygens (including phenoxy) is 5. The highest BCUT2D eigenvalue weighted by atomic mass is 16.8. The molecule has 8 heteroatoms. The number of aryl methyl sites for hydroxylation is 2. The largest absolute Gasteiger partial charge is 0.528 e. The molecule has 0 bridgehead atoms. The fraction of sp³-hybridized carbons (Fsp3) is 0.500. The lowest BCUT2D eigenvalue weighted by molar-refractivity contribution is -0.179. The zero-order chi connectivity index (χ0) is 32.0. The molecule has 0 saturated carbocycles. The van der Waals surface area contributed by atoms with Crippen molar-refractivity contribution in [1.29, 1.82) is 0 Å². The van der Waals surface area contributed by atoms with Gasteiger partial charge in [-0.3, -0.25) is 0 Å². The van der Waals surface area contributed by atoms with E-state index < -0.39 is 17.5 Å². The summed E-state index contributed by atoms with van der Waals surface area (Å²) in [5.74, 6) is 0.280. The monoisotopic (exact) mass is 629 g/mol. The Balaban J connectivity index is 1.07. The maximum absolute atomic E-state index is 12.4. The van der Waals surface area contributed by atoms with Gasteiger partial charge in [0.1, 0.15) is 11.4 Å². The van der Waals surface area contributed by atoms with Crippen molar-refractivity contribution in [1.82, 2.24) is 5.06 Å².